The van der Waals surface area contributed by atoms with Gasteiger partial charge in [-0.05, 0) is 50.1 Å². The summed E-state index contributed by atoms with van der Waals surface area (Å²) in [5.41, 5.74) is 6.99. The van der Waals surface area contributed by atoms with Crippen molar-refractivity contribution in [3.05, 3.63) is 75.2 Å². The van der Waals surface area contributed by atoms with Crippen molar-refractivity contribution in [3.8, 4) is 5.75 Å². The molecule has 30 heavy (non-hydrogen) atoms. The van der Waals surface area contributed by atoms with Gasteiger partial charge in [0, 0.05) is 23.7 Å². The maximum absolute atomic E-state index is 12.8. The van der Waals surface area contributed by atoms with Crippen molar-refractivity contribution < 1.29 is 14.3 Å². The maximum atomic E-state index is 12.8. The summed E-state index contributed by atoms with van der Waals surface area (Å²) in [6, 6.07) is 11.0. The van der Waals surface area contributed by atoms with E-state index in [1.807, 2.05) is 38.3 Å². The van der Waals surface area contributed by atoms with Crippen LogP contribution in [-0.4, -0.2) is 35.3 Å². The number of carbonyl (C=O) groups is 2. The molecule has 3 aromatic rings. The molecule has 0 aliphatic heterocycles. The lowest BCUT2D eigenvalue weighted by molar-refractivity contribution is -0.116. The van der Waals surface area contributed by atoms with E-state index in [-0.39, 0.29) is 18.4 Å². The topological polar surface area (TPSA) is 71.5 Å². The third kappa shape index (κ3) is 5.45. The fourth-order valence-electron chi connectivity index (χ4n) is 3.25. The number of aryl methyl sites for hydroxylation is 3. The number of ether oxygens (including phenoxy) is 1. The second-order valence-corrected chi connectivity index (χ2v) is 8.00. The van der Waals surface area contributed by atoms with Gasteiger partial charge in [0.15, 0.2) is 0 Å². The number of anilines is 1. The Morgan fingerprint density at radius 1 is 1.13 bits per heavy atom. The van der Waals surface area contributed by atoms with Crippen LogP contribution in [-0.2, 0) is 11.4 Å². The third-order valence-corrected chi connectivity index (χ3v) is 5.26. The molecule has 6 nitrogen and oxygen atoms in total. The van der Waals surface area contributed by atoms with Crippen LogP contribution >= 0.6 is 11.3 Å². The predicted octanol–water partition coefficient (Wildman–Crippen LogP) is 4.36. The number of nitrogens with zero attached hydrogens (tertiary/aromatic N) is 2. The highest BCUT2D eigenvalue weighted by Crippen LogP contribution is 2.22. The van der Waals surface area contributed by atoms with E-state index in [9.17, 15) is 9.59 Å². The first kappa shape index (κ1) is 21.5. The van der Waals surface area contributed by atoms with Gasteiger partial charge in [0.25, 0.3) is 5.91 Å². The number of hydrogen-bond donors (Lipinski definition) is 1. The summed E-state index contributed by atoms with van der Waals surface area (Å²) in [5.74, 6) is 0.0936. The zero-order valence-electron chi connectivity index (χ0n) is 17.6. The molecule has 0 aliphatic carbocycles. The fourth-order valence-corrected chi connectivity index (χ4v) is 3.79. The Hall–Kier alpha value is -3.19. The van der Waals surface area contributed by atoms with E-state index >= 15 is 0 Å². The number of thiazole rings is 1. The van der Waals surface area contributed by atoms with E-state index < -0.39 is 0 Å². The minimum atomic E-state index is -0.249. The molecular weight excluding hydrogens is 398 g/mol. The van der Waals surface area contributed by atoms with E-state index in [4.69, 9.17) is 4.74 Å². The van der Waals surface area contributed by atoms with Crippen LogP contribution in [0.15, 0.2) is 47.3 Å². The molecule has 7 heteroatoms. The highest BCUT2D eigenvalue weighted by molar-refractivity contribution is 7.07. The van der Waals surface area contributed by atoms with Gasteiger partial charge in [0.05, 0.1) is 17.7 Å². The second kappa shape index (κ2) is 9.54. The molecule has 2 amide bonds. The van der Waals surface area contributed by atoms with E-state index in [2.05, 4.69) is 10.3 Å². The standard InChI is InChI=1S/C23H25N3O3S/c1-15-8-16(2)22(17(3)9-15)25-21(27)11-26(4)23(28)18-6-5-7-20(10-18)29-12-19-13-30-14-24-19/h5-10,13-14H,11-12H2,1-4H3,(H,25,27). The molecule has 0 atom stereocenters. The molecular formula is C23H25N3O3S. The first-order chi connectivity index (χ1) is 14.3. The Morgan fingerprint density at radius 2 is 1.87 bits per heavy atom. The van der Waals surface area contributed by atoms with Crippen molar-refractivity contribution in [2.45, 2.75) is 27.4 Å². The van der Waals surface area contributed by atoms with E-state index in [0.29, 0.717) is 17.9 Å². The second-order valence-electron chi connectivity index (χ2n) is 7.28. The summed E-state index contributed by atoms with van der Waals surface area (Å²) in [6.07, 6.45) is 0. The summed E-state index contributed by atoms with van der Waals surface area (Å²) >= 11 is 1.51. The zero-order chi connectivity index (χ0) is 21.7. The first-order valence-electron chi connectivity index (χ1n) is 9.56. The highest BCUT2D eigenvalue weighted by Gasteiger charge is 2.17. The lowest BCUT2D eigenvalue weighted by atomic mass is 10.1. The van der Waals surface area contributed by atoms with E-state index in [1.165, 1.54) is 16.2 Å². The molecule has 156 valence electrons. The lowest BCUT2D eigenvalue weighted by Crippen LogP contribution is -2.35. The van der Waals surface area contributed by atoms with Crippen LogP contribution in [0.1, 0.15) is 32.7 Å². The number of carbonyl (C=O) groups excluding carboxylic acids is 2. The fraction of sp³-hybridized carbons (Fsp3) is 0.261. The summed E-state index contributed by atoms with van der Waals surface area (Å²) in [7, 11) is 1.61. The molecule has 0 aliphatic rings. The molecule has 1 heterocycles. The summed E-state index contributed by atoms with van der Waals surface area (Å²) in [4.78, 5) is 30.9. The van der Waals surface area contributed by atoms with Crippen molar-refractivity contribution in [1.29, 1.82) is 0 Å². The summed E-state index contributed by atoms with van der Waals surface area (Å²) < 4.78 is 5.71. The number of hydrogen-bond acceptors (Lipinski definition) is 5. The van der Waals surface area contributed by atoms with Crippen molar-refractivity contribution in [2.24, 2.45) is 0 Å². The van der Waals surface area contributed by atoms with Crippen LogP contribution in [0.25, 0.3) is 0 Å². The lowest BCUT2D eigenvalue weighted by Gasteiger charge is -2.19. The number of nitrogens with one attached hydrogen (secondary N) is 1. The van der Waals surface area contributed by atoms with Crippen LogP contribution in [0.3, 0.4) is 0 Å². The number of likely N-dealkylation sites (N-methyl/N-ethyl adjacent to an activating group) is 1. The van der Waals surface area contributed by atoms with E-state index in [1.54, 1.807) is 36.8 Å². The Morgan fingerprint density at radius 3 is 2.53 bits per heavy atom. The number of benzene rings is 2. The average molecular weight is 424 g/mol. The Bertz CT molecular complexity index is 1020. The molecule has 3 rings (SSSR count). The van der Waals surface area contributed by atoms with Gasteiger partial charge >= 0.3 is 0 Å². The maximum Gasteiger partial charge on any atom is 0.254 e. The zero-order valence-corrected chi connectivity index (χ0v) is 18.4. The van der Waals surface area contributed by atoms with Gasteiger partial charge in [-0.2, -0.15) is 0 Å². The van der Waals surface area contributed by atoms with Crippen molar-refractivity contribution in [1.82, 2.24) is 9.88 Å². The highest BCUT2D eigenvalue weighted by atomic mass is 32.1. The largest absolute Gasteiger partial charge is 0.487 e. The van der Waals surface area contributed by atoms with Crippen molar-refractivity contribution >= 4 is 28.8 Å². The van der Waals surface area contributed by atoms with Crippen molar-refractivity contribution in [2.75, 3.05) is 18.9 Å². The molecule has 0 saturated carbocycles. The monoisotopic (exact) mass is 423 g/mol. The normalized spacial score (nSPS) is 10.5. The van der Waals surface area contributed by atoms with Gasteiger partial charge < -0.3 is 15.0 Å². The van der Waals surface area contributed by atoms with Gasteiger partial charge in [-0.15, -0.1) is 11.3 Å². The van der Waals surface area contributed by atoms with Gasteiger partial charge in [-0.1, -0.05) is 23.8 Å². The van der Waals surface area contributed by atoms with Gasteiger partial charge in [0.2, 0.25) is 5.91 Å². The minimum Gasteiger partial charge on any atom is -0.487 e. The number of aromatic nitrogens is 1. The Balaban J connectivity index is 1.61. The van der Waals surface area contributed by atoms with Crippen LogP contribution in [0.5, 0.6) is 5.75 Å². The Kier molecular flexibility index (Phi) is 6.84. The molecule has 0 saturated heterocycles. The molecule has 0 bridgehead atoms. The molecule has 0 radical (unpaired) electrons. The first-order valence-corrected chi connectivity index (χ1v) is 10.5. The van der Waals surface area contributed by atoms with Crippen LogP contribution < -0.4 is 10.1 Å². The van der Waals surface area contributed by atoms with Crippen LogP contribution in [0.2, 0.25) is 0 Å². The average Bonchev–Trinajstić information content (AvgIpc) is 3.22. The van der Waals surface area contributed by atoms with Gasteiger partial charge in [-0.3, -0.25) is 9.59 Å². The number of rotatable bonds is 7. The summed E-state index contributed by atoms with van der Waals surface area (Å²) in [6.45, 7) is 6.24. The molecule has 1 aromatic heterocycles. The van der Waals surface area contributed by atoms with Gasteiger partial charge in [0.1, 0.15) is 12.4 Å². The van der Waals surface area contributed by atoms with Crippen molar-refractivity contribution in [3.63, 3.8) is 0 Å². The molecule has 2 aromatic carbocycles. The van der Waals surface area contributed by atoms with Crippen LogP contribution in [0, 0.1) is 20.8 Å². The molecule has 0 fully saturated rings. The van der Waals surface area contributed by atoms with Gasteiger partial charge in [-0.25, -0.2) is 4.98 Å². The quantitative estimate of drug-likeness (QED) is 0.613. The van der Waals surface area contributed by atoms with E-state index in [0.717, 1.165) is 28.1 Å². The molecule has 0 spiro atoms. The molecule has 0 unspecified atom stereocenters. The third-order valence-electron chi connectivity index (χ3n) is 4.62. The Labute approximate surface area is 180 Å². The SMILES string of the molecule is Cc1cc(C)c(NC(=O)CN(C)C(=O)c2cccc(OCc3cscn3)c2)c(C)c1. The predicted molar refractivity (Wildman–Crippen MR) is 119 cm³/mol. The molecule has 1 N–H and O–H groups in total. The minimum absolute atomic E-state index is 0.0461. The number of amides is 2. The summed E-state index contributed by atoms with van der Waals surface area (Å²) in [5, 5.41) is 4.84. The van der Waals surface area contributed by atoms with Crippen LogP contribution in [0.4, 0.5) is 5.69 Å². The smallest absolute Gasteiger partial charge is 0.254 e.